The first-order valence-corrected chi connectivity index (χ1v) is 12.4. The highest BCUT2D eigenvalue weighted by Crippen LogP contribution is 2.41. The number of nitrogens with one attached hydrogen (secondary N) is 1. The zero-order valence-corrected chi connectivity index (χ0v) is 19.0. The minimum absolute atomic E-state index is 0.0402. The number of oxime groups is 1. The number of amides is 2. The number of β-lactam (4-membered cyclic amide) rings is 1. The number of hydrogen-bond acceptors (Lipinski definition) is 12. The molecule has 4 rings (SSSR count). The molecule has 0 saturated carbocycles. The summed E-state index contributed by atoms with van der Waals surface area (Å²) in [5.74, 6) is -1.49. The van der Waals surface area contributed by atoms with E-state index in [-0.39, 0.29) is 11.4 Å². The zero-order valence-electron chi connectivity index (χ0n) is 15.8. The molecular weight excluding hydrogens is 484 g/mol. The standard InChI is InChI=1S/C16H14N6O5S4/c1-27-21-9(8-4-28-6-18-8)12(23)20-10-13(24)22-11(15(25)26)7(2-29-14(10)22)3-30-16-17-5-19-31-16/h4-6,10,14H,2-3H2,1H3,(H,20,23)(H,25,26)/b21-9+/t10?,14-/m1/s1. The van der Waals surface area contributed by atoms with Crippen LogP contribution in [0.25, 0.3) is 0 Å². The van der Waals surface area contributed by atoms with Crippen LogP contribution >= 0.6 is 46.4 Å². The van der Waals surface area contributed by atoms with Gasteiger partial charge in [0.25, 0.3) is 11.8 Å². The van der Waals surface area contributed by atoms with Gasteiger partial charge in [0, 0.05) is 16.9 Å². The largest absolute Gasteiger partial charge is 0.477 e. The Morgan fingerprint density at radius 2 is 2.29 bits per heavy atom. The molecular formula is C16H14N6O5S4. The third-order valence-electron chi connectivity index (χ3n) is 4.32. The molecule has 0 aromatic carbocycles. The van der Waals surface area contributed by atoms with Gasteiger partial charge in [0.15, 0.2) is 10.1 Å². The predicted molar refractivity (Wildman–Crippen MR) is 116 cm³/mol. The van der Waals surface area contributed by atoms with E-state index in [1.54, 1.807) is 10.9 Å². The number of carbonyl (C=O) groups excluding carboxylic acids is 2. The fourth-order valence-corrected chi connectivity index (χ4v) is 6.47. The predicted octanol–water partition coefficient (Wildman–Crippen LogP) is 0.876. The first kappa shape index (κ1) is 21.7. The molecule has 0 aliphatic carbocycles. The van der Waals surface area contributed by atoms with E-state index in [4.69, 9.17) is 4.84 Å². The van der Waals surface area contributed by atoms with Gasteiger partial charge in [0.1, 0.15) is 36.2 Å². The SMILES string of the molecule is CO/N=C(/C(=O)NC1C(=O)N2C(C(=O)O)=C(CSc3ncns3)CS[C@H]12)c1cscn1. The van der Waals surface area contributed by atoms with Gasteiger partial charge in [-0.25, -0.2) is 14.8 Å². The van der Waals surface area contributed by atoms with Gasteiger partial charge in [-0.3, -0.25) is 14.5 Å². The van der Waals surface area contributed by atoms with Crippen LogP contribution in [0.2, 0.25) is 0 Å². The molecule has 31 heavy (non-hydrogen) atoms. The fraction of sp³-hybridized carbons (Fsp3) is 0.312. The Balaban J connectivity index is 1.49. The number of carboxylic acid groups (broad SMARTS) is 1. The van der Waals surface area contributed by atoms with Crippen molar-refractivity contribution in [3.8, 4) is 0 Å². The number of rotatable bonds is 8. The number of hydrogen-bond donors (Lipinski definition) is 2. The van der Waals surface area contributed by atoms with Crippen molar-refractivity contribution < 1.29 is 24.3 Å². The van der Waals surface area contributed by atoms with E-state index in [1.807, 2.05) is 0 Å². The van der Waals surface area contributed by atoms with Gasteiger partial charge in [-0.15, -0.1) is 23.1 Å². The Labute approximate surface area is 192 Å². The quantitative estimate of drug-likeness (QED) is 0.233. The third kappa shape index (κ3) is 4.30. The second-order valence-electron chi connectivity index (χ2n) is 6.11. The van der Waals surface area contributed by atoms with Gasteiger partial charge < -0.3 is 15.3 Å². The summed E-state index contributed by atoms with van der Waals surface area (Å²) in [6, 6.07) is -0.870. The highest BCUT2D eigenvalue weighted by Gasteiger charge is 2.54. The van der Waals surface area contributed by atoms with Crippen molar-refractivity contribution in [2.75, 3.05) is 18.6 Å². The number of thioether (sulfide) groups is 2. The number of fused-ring (bicyclic) bond motifs is 1. The maximum Gasteiger partial charge on any atom is 0.352 e. The van der Waals surface area contributed by atoms with Gasteiger partial charge >= 0.3 is 5.97 Å². The smallest absolute Gasteiger partial charge is 0.352 e. The Morgan fingerprint density at radius 1 is 1.45 bits per heavy atom. The summed E-state index contributed by atoms with van der Waals surface area (Å²) in [4.78, 5) is 51.5. The maximum absolute atomic E-state index is 12.8. The summed E-state index contributed by atoms with van der Waals surface area (Å²) < 4.78 is 4.64. The average Bonchev–Trinajstić information content (AvgIpc) is 3.47. The van der Waals surface area contributed by atoms with Crippen LogP contribution in [-0.4, -0.2) is 77.9 Å². The first-order valence-electron chi connectivity index (χ1n) is 8.61. The van der Waals surface area contributed by atoms with E-state index in [9.17, 15) is 19.5 Å². The van der Waals surface area contributed by atoms with Crippen molar-refractivity contribution >= 4 is 69.9 Å². The number of nitrogens with zero attached hydrogens (tertiary/aromatic N) is 5. The lowest BCUT2D eigenvalue weighted by molar-refractivity contribution is -0.150. The zero-order chi connectivity index (χ0) is 22.0. The van der Waals surface area contributed by atoms with Crippen LogP contribution in [0.1, 0.15) is 5.69 Å². The molecule has 162 valence electrons. The number of thiazole rings is 1. The van der Waals surface area contributed by atoms with Gasteiger partial charge in [0.2, 0.25) is 0 Å². The molecule has 1 saturated heterocycles. The molecule has 1 unspecified atom stereocenters. The minimum Gasteiger partial charge on any atom is -0.477 e. The highest BCUT2D eigenvalue weighted by molar-refractivity contribution is 8.01. The molecule has 2 aliphatic rings. The number of aromatic nitrogens is 3. The topological polar surface area (TPSA) is 147 Å². The van der Waals surface area contributed by atoms with Crippen LogP contribution in [0.3, 0.4) is 0 Å². The first-order chi connectivity index (χ1) is 15.0. The molecule has 2 amide bonds. The van der Waals surface area contributed by atoms with Gasteiger partial charge in [0.05, 0.1) is 5.51 Å². The van der Waals surface area contributed by atoms with Gasteiger partial charge in [-0.1, -0.05) is 16.9 Å². The van der Waals surface area contributed by atoms with Gasteiger partial charge in [-0.05, 0) is 17.1 Å². The molecule has 2 N–H and O–H groups in total. The summed E-state index contributed by atoms with van der Waals surface area (Å²) in [5, 5.41) is 17.2. The van der Waals surface area contributed by atoms with Crippen LogP contribution in [0.4, 0.5) is 0 Å². The van der Waals surface area contributed by atoms with Crippen LogP contribution in [-0.2, 0) is 19.2 Å². The van der Waals surface area contributed by atoms with E-state index in [0.29, 0.717) is 22.8 Å². The Kier molecular flexibility index (Phi) is 6.54. The highest BCUT2D eigenvalue weighted by atomic mass is 32.2. The van der Waals surface area contributed by atoms with Crippen molar-refractivity contribution in [2.45, 2.75) is 15.8 Å². The number of carboxylic acids is 1. The van der Waals surface area contributed by atoms with E-state index < -0.39 is 29.2 Å². The molecule has 0 spiro atoms. The van der Waals surface area contributed by atoms with Gasteiger partial charge in [-0.2, -0.15) is 4.37 Å². The van der Waals surface area contributed by atoms with Crippen LogP contribution < -0.4 is 5.32 Å². The van der Waals surface area contributed by atoms with E-state index in [0.717, 1.165) is 4.34 Å². The monoisotopic (exact) mass is 498 g/mol. The normalized spacial score (nSPS) is 20.9. The molecule has 0 radical (unpaired) electrons. The lowest BCUT2D eigenvalue weighted by Crippen LogP contribution is -2.71. The second kappa shape index (κ2) is 9.33. The molecule has 4 heterocycles. The van der Waals surface area contributed by atoms with Crippen LogP contribution in [0.5, 0.6) is 0 Å². The second-order valence-corrected chi connectivity index (χ2v) is 9.94. The average molecular weight is 499 g/mol. The molecule has 11 nitrogen and oxygen atoms in total. The van der Waals surface area contributed by atoms with Crippen molar-refractivity contribution in [2.24, 2.45) is 5.16 Å². The molecule has 2 aliphatic heterocycles. The molecule has 1 fully saturated rings. The van der Waals surface area contributed by atoms with Crippen LogP contribution in [0, 0.1) is 0 Å². The molecule has 2 aromatic rings. The third-order valence-corrected chi connectivity index (χ3v) is 8.13. The van der Waals surface area contributed by atoms with Crippen molar-refractivity contribution in [1.29, 1.82) is 0 Å². The maximum atomic E-state index is 12.8. The summed E-state index contributed by atoms with van der Waals surface area (Å²) in [6.45, 7) is 0. The van der Waals surface area contributed by atoms with Crippen molar-refractivity contribution in [3.63, 3.8) is 0 Å². The Bertz CT molecular complexity index is 1050. The number of aliphatic carboxylic acids is 1. The van der Waals surface area contributed by atoms with Crippen molar-refractivity contribution in [1.82, 2.24) is 24.6 Å². The Hall–Kier alpha value is -2.49. The Morgan fingerprint density at radius 3 is 2.94 bits per heavy atom. The summed E-state index contributed by atoms with van der Waals surface area (Å²) >= 11 is 5.27. The molecule has 2 atom stereocenters. The lowest BCUT2D eigenvalue weighted by Gasteiger charge is -2.49. The molecule has 0 bridgehead atoms. The summed E-state index contributed by atoms with van der Waals surface area (Å²) in [6.07, 6.45) is 1.43. The summed E-state index contributed by atoms with van der Waals surface area (Å²) in [7, 11) is 1.30. The van der Waals surface area contributed by atoms with E-state index in [2.05, 4.69) is 24.8 Å². The van der Waals surface area contributed by atoms with Crippen molar-refractivity contribution in [3.05, 3.63) is 34.2 Å². The van der Waals surface area contributed by atoms with E-state index in [1.165, 1.54) is 64.7 Å². The minimum atomic E-state index is -1.18. The van der Waals surface area contributed by atoms with Crippen LogP contribution in [0.15, 0.2) is 38.0 Å². The summed E-state index contributed by atoms with van der Waals surface area (Å²) in [5.41, 5.74) is 2.40. The fourth-order valence-electron chi connectivity index (χ4n) is 3.00. The van der Waals surface area contributed by atoms with E-state index >= 15 is 0 Å². The molecule has 15 heteroatoms. The molecule has 2 aromatic heterocycles. The number of carbonyl (C=O) groups is 3. The lowest BCUT2D eigenvalue weighted by atomic mass is 10.0.